The van der Waals surface area contributed by atoms with Gasteiger partial charge in [-0.05, 0) is 83.4 Å². The number of ether oxygens (including phenoxy) is 1. The third-order valence-corrected chi connectivity index (χ3v) is 8.75. The topological polar surface area (TPSA) is 175 Å². The van der Waals surface area contributed by atoms with Crippen molar-refractivity contribution in [1.82, 2.24) is 19.6 Å². The van der Waals surface area contributed by atoms with Crippen molar-refractivity contribution in [2.24, 2.45) is 0 Å². The van der Waals surface area contributed by atoms with Crippen LogP contribution in [0.3, 0.4) is 0 Å². The number of benzene rings is 2. The molecule has 4 amide bonds. The Balaban J connectivity index is 0. The van der Waals surface area contributed by atoms with Crippen molar-refractivity contribution in [3.63, 3.8) is 0 Å². The van der Waals surface area contributed by atoms with Gasteiger partial charge in [0.15, 0.2) is 0 Å². The van der Waals surface area contributed by atoms with E-state index >= 15 is 0 Å². The Morgan fingerprint density at radius 3 is 0.978 bits per heavy atom. The molecule has 0 spiro atoms. The van der Waals surface area contributed by atoms with Crippen molar-refractivity contribution in [3.8, 4) is 0 Å². The average molecular weight is 711 g/mol. The number of hydrogen-bond acceptors (Lipinski definition) is 12. The molecule has 13 nitrogen and oxygen atoms in total. The Hall–Kier alpha value is -2.38. The summed E-state index contributed by atoms with van der Waals surface area (Å²) in [6.45, 7) is 0. The summed E-state index contributed by atoms with van der Waals surface area (Å²) in [5.41, 5.74) is 0.341. The molecular weight excluding hydrogens is 676 g/mol. The molecule has 0 unspecified atom stereocenters. The van der Waals surface area contributed by atoms with E-state index in [-0.39, 0.29) is 61.6 Å². The zero-order valence-electron chi connectivity index (χ0n) is 26.6. The summed E-state index contributed by atoms with van der Waals surface area (Å²) in [6.07, 6.45) is 0. The molecule has 0 aliphatic rings. The van der Waals surface area contributed by atoms with Gasteiger partial charge >= 0.3 is 41.5 Å². The van der Waals surface area contributed by atoms with Crippen LogP contribution in [0.2, 0.25) is 0 Å². The molecule has 0 bridgehead atoms. The number of esters is 1. The van der Waals surface area contributed by atoms with Crippen molar-refractivity contribution >= 4 is 79.9 Å². The SMILES string of the molecule is CN(C)C(=O)Sc1cc(SC(=O)N(C)C)cc(C(=O)O)c1.COC(=O)c1cc(SC(=O)N(C)C)cc(SC(=O)N(C)C)c1.[Na+].[OH-]. The second-order valence-electron chi connectivity index (χ2n) is 9.23. The fourth-order valence-electron chi connectivity index (χ4n) is 2.51. The maximum Gasteiger partial charge on any atom is 1.00 e. The van der Waals surface area contributed by atoms with Gasteiger partial charge < -0.3 is 34.9 Å². The first-order valence-corrected chi connectivity index (χ1v) is 15.4. The Morgan fingerprint density at radius 1 is 0.533 bits per heavy atom. The minimum absolute atomic E-state index is 0. The van der Waals surface area contributed by atoms with Crippen LogP contribution in [0.1, 0.15) is 20.7 Å². The maximum atomic E-state index is 11.8. The van der Waals surface area contributed by atoms with E-state index in [1.54, 1.807) is 80.6 Å². The molecule has 0 atom stereocenters. The number of nitrogens with zero attached hydrogens (tertiary/aromatic N) is 4. The minimum Gasteiger partial charge on any atom is -0.870 e. The number of carboxylic acid groups (broad SMARTS) is 1. The molecule has 2 rings (SSSR count). The van der Waals surface area contributed by atoms with Crippen LogP contribution in [0.25, 0.3) is 0 Å². The van der Waals surface area contributed by atoms with Gasteiger partial charge in [-0.1, -0.05) is 0 Å². The molecule has 0 saturated carbocycles. The summed E-state index contributed by atoms with van der Waals surface area (Å²) < 4.78 is 4.70. The van der Waals surface area contributed by atoms with Gasteiger partial charge in [0.05, 0.1) is 18.2 Å². The van der Waals surface area contributed by atoms with Crippen LogP contribution >= 0.6 is 47.0 Å². The number of rotatable bonds is 6. The first-order chi connectivity index (χ1) is 19.9. The second kappa shape index (κ2) is 21.4. The quantitative estimate of drug-likeness (QED) is 0.264. The van der Waals surface area contributed by atoms with Crippen molar-refractivity contribution in [3.05, 3.63) is 47.5 Å². The largest absolute Gasteiger partial charge is 1.00 e. The molecule has 0 aliphatic carbocycles. The predicted octanol–water partition coefficient (Wildman–Crippen LogP) is 2.78. The van der Waals surface area contributed by atoms with Gasteiger partial charge in [-0.2, -0.15) is 0 Å². The normalized spacial score (nSPS) is 9.62. The van der Waals surface area contributed by atoms with Crippen LogP contribution < -0.4 is 29.6 Å². The molecule has 2 N–H and O–H groups in total. The molecule has 45 heavy (non-hydrogen) atoms. The maximum absolute atomic E-state index is 11.8. The van der Waals surface area contributed by atoms with E-state index in [2.05, 4.69) is 0 Å². The van der Waals surface area contributed by atoms with Crippen LogP contribution in [0.4, 0.5) is 19.2 Å². The Morgan fingerprint density at radius 2 is 0.778 bits per heavy atom. The van der Waals surface area contributed by atoms with Crippen molar-refractivity contribution in [2.75, 3.05) is 63.5 Å². The molecule has 0 radical (unpaired) electrons. The number of carboxylic acids is 1. The van der Waals surface area contributed by atoms with Gasteiger partial charge in [0.1, 0.15) is 0 Å². The van der Waals surface area contributed by atoms with Crippen molar-refractivity contribution in [2.45, 2.75) is 19.6 Å². The molecule has 0 aliphatic heterocycles. The summed E-state index contributed by atoms with van der Waals surface area (Å²) in [5.74, 6) is -1.62. The Kier molecular flexibility index (Phi) is 21.3. The van der Waals surface area contributed by atoms with Gasteiger partial charge in [-0.25, -0.2) is 9.59 Å². The number of hydrogen-bond donors (Lipinski definition) is 1. The molecule has 0 fully saturated rings. The minimum atomic E-state index is -1.10. The number of thioether (sulfide) groups is 4. The summed E-state index contributed by atoms with van der Waals surface area (Å²) in [6, 6.07) is 9.30. The van der Waals surface area contributed by atoms with Gasteiger partial charge in [0.2, 0.25) is 0 Å². The molecule has 2 aromatic carbocycles. The van der Waals surface area contributed by atoms with Crippen molar-refractivity contribution < 1.29 is 73.6 Å². The fraction of sp³-hybridized carbons (Fsp3) is 0.333. The molecule has 18 heteroatoms. The first kappa shape index (κ1) is 44.7. The standard InChI is InChI=1S/C14H18N2O4S2.C13H16N2O4S2.Na.H2O/c1-15(2)13(18)21-10-6-9(12(17)20-5)7-11(8-10)22-14(19)16(3)4;1-14(2)12(18)20-9-5-8(11(16)17)6-10(7-9)21-13(19)15(3)4;;/h6-8H,1-5H3;5-7H,1-4H3,(H,16,17);;1H2/q;;+1;/p-1. The smallest absolute Gasteiger partial charge is 0.870 e. The molecule has 0 saturated heterocycles. The second-order valence-corrected chi connectivity index (χ2v) is 13.3. The zero-order chi connectivity index (χ0) is 33.0. The number of aromatic carboxylic acids is 1. The summed E-state index contributed by atoms with van der Waals surface area (Å²) in [7, 11) is 14.3. The van der Waals surface area contributed by atoms with Crippen LogP contribution in [-0.2, 0) is 4.74 Å². The van der Waals surface area contributed by atoms with Crippen LogP contribution in [0, 0.1) is 0 Å². The molecule has 0 aromatic heterocycles. The molecular formula is C27H35N4NaO9S4. The van der Waals surface area contributed by atoms with Crippen LogP contribution in [-0.4, -0.2) is 127 Å². The monoisotopic (exact) mass is 710 g/mol. The van der Waals surface area contributed by atoms with E-state index < -0.39 is 11.9 Å². The van der Waals surface area contributed by atoms with Gasteiger partial charge in [-0.15, -0.1) is 0 Å². The van der Waals surface area contributed by atoms with E-state index in [4.69, 9.17) is 9.84 Å². The fourth-order valence-corrected chi connectivity index (χ4v) is 5.68. The summed E-state index contributed by atoms with van der Waals surface area (Å²) in [4.78, 5) is 77.6. The Labute approximate surface area is 301 Å². The van der Waals surface area contributed by atoms with Gasteiger partial charge in [-0.3, -0.25) is 19.2 Å². The average Bonchev–Trinajstić information content (AvgIpc) is 2.92. The zero-order valence-corrected chi connectivity index (χ0v) is 31.9. The summed E-state index contributed by atoms with van der Waals surface area (Å²) >= 11 is 3.81. The molecule has 0 heterocycles. The van der Waals surface area contributed by atoms with E-state index in [0.29, 0.717) is 25.1 Å². The van der Waals surface area contributed by atoms with E-state index in [0.717, 1.165) is 47.0 Å². The third-order valence-electron chi connectivity index (χ3n) is 4.71. The number of carbonyl (C=O) groups is 6. The summed E-state index contributed by atoms with van der Waals surface area (Å²) in [5, 5.41) is 8.34. The number of methoxy groups -OCH3 is 1. The third kappa shape index (κ3) is 16.1. The van der Waals surface area contributed by atoms with Crippen LogP contribution in [0.15, 0.2) is 56.0 Å². The van der Waals surface area contributed by atoms with E-state index in [1.165, 1.54) is 38.8 Å². The van der Waals surface area contributed by atoms with E-state index in [9.17, 15) is 28.8 Å². The predicted molar refractivity (Wildman–Crippen MR) is 173 cm³/mol. The van der Waals surface area contributed by atoms with E-state index in [1.807, 2.05) is 0 Å². The van der Waals surface area contributed by atoms with Gasteiger partial charge in [0, 0.05) is 76.0 Å². The molecule has 242 valence electrons. The van der Waals surface area contributed by atoms with Crippen LogP contribution in [0.5, 0.6) is 0 Å². The Bertz CT molecular complexity index is 1300. The van der Waals surface area contributed by atoms with Gasteiger partial charge in [0.25, 0.3) is 21.0 Å². The van der Waals surface area contributed by atoms with Crippen molar-refractivity contribution in [1.29, 1.82) is 0 Å². The number of carbonyl (C=O) groups excluding carboxylic acids is 5. The molecule has 2 aromatic rings. The number of amides is 4. The first-order valence-electron chi connectivity index (χ1n) is 12.1.